The van der Waals surface area contributed by atoms with Crippen molar-refractivity contribution in [3.8, 4) is 0 Å². The molecule has 0 fully saturated rings. The molecule has 6 heteroatoms. The molecule has 5 nitrogen and oxygen atoms in total. The van der Waals surface area contributed by atoms with Crippen molar-refractivity contribution < 1.29 is 14.0 Å². The molecular formula is C18H13ClN2O3. The fourth-order valence-electron chi connectivity index (χ4n) is 3.10. The molecule has 120 valence electrons. The van der Waals surface area contributed by atoms with E-state index in [4.69, 9.17) is 21.8 Å². The molecule has 2 N–H and O–H groups in total. The summed E-state index contributed by atoms with van der Waals surface area (Å²) in [5.41, 5.74) is 7.65. The van der Waals surface area contributed by atoms with Crippen LogP contribution in [0.1, 0.15) is 16.1 Å². The molecule has 2 amide bonds. The number of primary amides is 1. The Balaban J connectivity index is 1.79. The largest absolute Gasteiger partial charge is 0.451 e. The van der Waals surface area contributed by atoms with Gasteiger partial charge < -0.3 is 10.2 Å². The number of nitrogens with two attached hydrogens (primary N) is 1. The average Bonchev–Trinajstić information content (AvgIpc) is 3.15. The molecule has 1 atom stereocenters. The van der Waals surface area contributed by atoms with Gasteiger partial charge in [0.2, 0.25) is 5.91 Å². The first-order valence-electron chi connectivity index (χ1n) is 7.44. The van der Waals surface area contributed by atoms with E-state index in [0.717, 1.165) is 10.9 Å². The summed E-state index contributed by atoms with van der Waals surface area (Å²) in [5, 5.41) is 1.29. The standard InChI is InChI=1S/C18H13ClN2O3/c19-12-5-6-15-11(7-12)9-16(24-15)18(23)21-13-4-2-1-3-10(13)8-14(21)17(20)22/h1-7,9,14H,8H2,(H2,20,22)/t14-/m0/s1. The second-order valence-electron chi connectivity index (χ2n) is 5.72. The van der Waals surface area contributed by atoms with E-state index in [1.165, 1.54) is 4.90 Å². The highest BCUT2D eigenvalue weighted by Crippen LogP contribution is 2.34. The van der Waals surface area contributed by atoms with Crippen molar-refractivity contribution in [2.24, 2.45) is 5.73 Å². The number of hydrogen-bond acceptors (Lipinski definition) is 3. The Morgan fingerprint density at radius 3 is 2.75 bits per heavy atom. The molecule has 2 heterocycles. The van der Waals surface area contributed by atoms with Gasteiger partial charge in [-0.05, 0) is 35.9 Å². The highest BCUT2D eigenvalue weighted by atomic mass is 35.5. The lowest BCUT2D eigenvalue weighted by Crippen LogP contribution is -2.46. The SMILES string of the molecule is NC(=O)[C@@H]1Cc2ccccc2N1C(=O)c1cc2cc(Cl)ccc2o1. The summed E-state index contributed by atoms with van der Waals surface area (Å²) in [5.74, 6) is -0.787. The number of amides is 2. The van der Waals surface area contributed by atoms with Crippen molar-refractivity contribution in [2.75, 3.05) is 4.90 Å². The smallest absolute Gasteiger partial charge is 0.294 e. The van der Waals surface area contributed by atoms with Crippen LogP contribution in [0.15, 0.2) is 52.9 Å². The molecular weight excluding hydrogens is 328 g/mol. The molecule has 0 bridgehead atoms. The van der Waals surface area contributed by atoms with E-state index in [0.29, 0.717) is 22.7 Å². The van der Waals surface area contributed by atoms with Crippen LogP contribution in [0.2, 0.25) is 5.02 Å². The zero-order valence-corrected chi connectivity index (χ0v) is 13.3. The number of carbonyl (C=O) groups is 2. The van der Waals surface area contributed by atoms with Crippen LogP contribution < -0.4 is 10.6 Å². The molecule has 1 aliphatic rings. The average molecular weight is 341 g/mol. The zero-order chi connectivity index (χ0) is 16.8. The topological polar surface area (TPSA) is 76.5 Å². The first-order chi connectivity index (χ1) is 11.5. The fourth-order valence-corrected chi connectivity index (χ4v) is 3.28. The zero-order valence-electron chi connectivity index (χ0n) is 12.5. The van der Waals surface area contributed by atoms with Gasteiger partial charge in [-0.1, -0.05) is 29.8 Å². The van der Waals surface area contributed by atoms with Gasteiger partial charge >= 0.3 is 0 Å². The van der Waals surface area contributed by atoms with Crippen LogP contribution >= 0.6 is 11.6 Å². The monoisotopic (exact) mass is 340 g/mol. The van der Waals surface area contributed by atoms with Crippen molar-refractivity contribution in [2.45, 2.75) is 12.5 Å². The second kappa shape index (κ2) is 5.39. The van der Waals surface area contributed by atoms with Gasteiger partial charge in [0, 0.05) is 22.5 Å². The van der Waals surface area contributed by atoms with E-state index in [2.05, 4.69) is 0 Å². The van der Waals surface area contributed by atoms with Crippen LogP contribution in [0, 0.1) is 0 Å². The molecule has 3 aromatic rings. The maximum atomic E-state index is 13.0. The molecule has 0 unspecified atom stereocenters. The summed E-state index contributed by atoms with van der Waals surface area (Å²) in [6, 6.07) is 13.4. The Morgan fingerprint density at radius 1 is 1.17 bits per heavy atom. The third-order valence-electron chi connectivity index (χ3n) is 4.21. The first kappa shape index (κ1) is 14.8. The normalized spacial score (nSPS) is 16.4. The number of halogens is 1. The summed E-state index contributed by atoms with van der Waals surface area (Å²) >= 11 is 5.97. The van der Waals surface area contributed by atoms with Crippen LogP contribution in [-0.2, 0) is 11.2 Å². The molecule has 4 rings (SSSR count). The minimum Gasteiger partial charge on any atom is -0.451 e. The molecule has 1 aliphatic heterocycles. The summed E-state index contributed by atoms with van der Waals surface area (Å²) in [6.07, 6.45) is 0.406. The number of para-hydroxylation sites is 1. The Bertz CT molecular complexity index is 979. The third kappa shape index (κ3) is 2.25. The van der Waals surface area contributed by atoms with Crippen molar-refractivity contribution in [3.63, 3.8) is 0 Å². The van der Waals surface area contributed by atoms with E-state index in [1.54, 1.807) is 30.3 Å². The van der Waals surface area contributed by atoms with Crippen molar-refractivity contribution in [1.82, 2.24) is 0 Å². The predicted octanol–water partition coefficient (Wildman–Crippen LogP) is 3.14. The van der Waals surface area contributed by atoms with Gasteiger partial charge in [0.25, 0.3) is 5.91 Å². The van der Waals surface area contributed by atoms with Crippen molar-refractivity contribution >= 4 is 40.1 Å². The van der Waals surface area contributed by atoms with E-state index in [9.17, 15) is 9.59 Å². The molecule has 0 radical (unpaired) electrons. The number of hydrogen-bond donors (Lipinski definition) is 1. The minimum absolute atomic E-state index is 0.148. The lowest BCUT2D eigenvalue weighted by molar-refractivity contribution is -0.119. The highest BCUT2D eigenvalue weighted by Gasteiger charge is 2.38. The summed E-state index contributed by atoms with van der Waals surface area (Å²) in [7, 11) is 0. The lowest BCUT2D eigenvalue weighted by atomic mass is 10.1. The second-order valence-corrected chi connectivity index (χ2v) is 6.16. The number of carbonyl (C=O) groups excluding carboxylic acids is 2. The van der Waals surface area contributed by atoms with Gasteiger partial charge in [-0.2, -0.15) is 0 Å². The van der Waals surface area contributed by atoms with Gasteiger partial charge in [0.15, 0.2) is 5.76 Å². The van der Waals surface area contributed by atoms with Crippen LogP contribution in [0.5, 0.6) is 0 Å². The van der Waals surface area contributed by atoms with E-state index in [-0.39, 0.29) is 5.76 Å². The number of anilines is 1. The quantitative estimate of drug-likeness (QED) is 0.778. The molecule has 0 aliphatic carbocycles. The van der Waals surface area contributed by atoms with Crippen LogP contribution in [0.4, 0.5) is 5.69 Å². The number of nitrogens with zero attached hydrogens (tertiary/aromatic N) is 1. The highest BCUT2D eigenvalue weighted by molar-refractivity contribution is 6.31. The van der Waals surface area contributed by atoms with Gasteiger partial charge in [-0.25, -0.2) is 0 Å². The Hall–Kier alpha value is -2.79. The summed E-state index contributed by atoms with van der Waals surface area (Å²) in [4.78, 5) is 26.2. The molecule has 0 saturated carbocycles. The van der Waals surface area contributed by atoms with Gasteiger partial charge in [-0.15, -0.1) is 0 Å². The molecule has 2 aromatic carbocycles. The molecule has 0 spiro atoms. The minimum atomic E-state index is -0.716. The lowest BCUT2D eigenvalue weighted by Gasteiger charge is -2.22. The fraction of sp³-hybridized carbons (Fsp3) is 0.111. The summed E-state index contributed by atoms with van der Waals surface area (Å²) in [6.45, 7) is 0. The Morgan fingerprint density at radius 2 is 1.96 bits per heavy atom. The van der Waals surface area contributed by atoms with E-state index < -0.39 is 17.9 Å². The van der Waals surface area contributed by atoms with Crippen LogP contribution in [0.25, 0.3) is 11.0 Å². The molecule has 0 saturated heterocycles. The molecule has 24 heavy (non-hydrogen) atoms. The van der Waals surface area contributed by atoms with Crippen LogP contribution in [0.3, 0.4) is 0 Å². The summed E-state index contributed by atoms with van der Waals surface area (Å²) < 4.78 is 5.64. The predicted molar refractivity (Wildman–Crippen MR) is 91.2 cm³/mol. The van der Waals surface area contributed by atoms with Crippen molar-refractivity contribution in [3.05, 3.63) is 64.9 Å². The Labute approximate surface area is 142 Å². The van der Waals surface area contributed by atoms with E-state index in [1.807, 2.05) is 18.2 Å². The molecule has 1 aromatic heterocycles. The van der Waals surface area contributed by atoms with Gasteiger partial charge in [0.05, 0.1) is 0 Å². The maximum Gasteiger partial charge on any atom is 0.294 e. The Kier molecular flexibility index (Phi) is 3.32. The van der Waals surface area contributed by atoms with Crippen LogP contribution in [-0.4, -0.2) is 17.9 Å². The third-order valence-corrected chi connectivity index (χ3v) is 4.45. The first-order valence-corrected chi connectivity index (χ1v) is 7.82. The van der Waals surface area contributed by atoms with Gasteiger partial charge in [0.1, 0.15) is 11.6 Å². The van der Waals surface area contributed by atoms with E-state index >= 15 is 0 Å². The number of benzene rings is 2. The number of fused-ring (bicyclic) bond motifs is 2. The van der Waals surface area contributed by atoms with Crippen molar-refractivity contribution in [1.29, 1.82) is 0 Å². The maximum absolute atomic E-state index is 13.0. The van der Waals surface area contributed by atoms with Gasteiger partial charge in [-0.3, -0.25) is 14.5 Å². The number of furan rings is 1. The number of rotatable bonds is 2.